The molecule has 0 fully saturated rings. The van der Waals surface area contributed by atoms with Gasteiger partial charge in [-0.25, -0.2) is 0 Å². The van der Waals surface area contributed by atoms with E-state index in [9.17, 15) is 4.79 Å². The molecule has 0 unspecified atom stereocenters. The highest BCUT2D eigenvalue weighted by molar-refractivity contribution is 8.03. The molecule has 0 saturated carbocycles. The Hall–Kier alpha value is -1.05. The van der Waals surface area contributed by atoms with Crippen LogP contribution in [0.1, 0.15) is 5.56 Å². The maximum atomic E-state index is 11.7. The maximum Gasteiger partial charge on any atom is 0.230 e. The lowest BCUT2D eigenvalue weighted by atomic mass is 10.2. The molecule has 1 aromatic heterocycles. The number of aromatic nitrogens is 2. The van der Waals surface area contributed by atoms with Gasteiger partial charge in [-0.15, -0.1) is 10.2 Å². The molecule has 100 valence electrons. The fourth-order valence-corrected chi connectivity index (χ4v) is 3.58. The summed E-state index contributed by atoms with van der Waals surface area (Å²) in [4.78, 5) is 11.7. The molecule has 0 aliphatic carbocycles. The SMILES string of the molecule is CSc1nnc(SCC(=O)NCc2ccccc2)s1. The van der Waals surface area contributed by atoms with Crippen LogP contribution in [-0.2, 0) is 11.3 Å². The van der Waals surface area contributed by atoms with E-state index >= 15 is 0 Å². The minimum Gasteiger partial charge on any atom is -0.351 e. The summed E-state index contributed by atoms with van der Waals surface area (Å²) >= 11 is 4.49. The molecule has 1 amide bonds. The smallest absolute Gasteiger partial charge is 0.230 e. The summed E-state index contributed by atoms with van der Waals surface area (Å²) in [7, 11) is 0. The van der Waals surface area contributed by atoms with Gasteiger partial charge < -0.3 is 5.32 Å². The predicted molar refractivity (Wildman–Crippen MR) is 80.7 cm³/mol. The number of carbonyl (C=O) groups excluding carboxylic acids is 1. The molecule has 1 N–H and O–H groups in total. The van der Waals surface area contributed by atoms with E-state index in [1.165, 1.54) is 23.1 Å². The lowest BCUT2D eigenvalue weighted by Gasteiger charge is -2.03. The molecule has 0 atom stereocenters. The summed E-state index contributed by atoms with van der Waals surface area (Å²) in [5, 5.41) is 10.9. The van der Waals surface area contributed by atoms with Crippen molar-refractivity contribution in [3.8, 4) is 0 Å². The first-order valence-electron chi connectivity index (χ1n) is 5.59. The number of hydrogen-bond acceptors (Lipinski definition) is 6. The van der Waals surface area contributed by atoms with E-state index in [0.29, 0.717) is 12.3 Å². The molecule has 2 rings (SSSR count). The van der Waals surface area contributed by atoms with Gasteiger partial charge >= 0.3 is 0 Å². The first-order chi connectivity index (χ1) is 9.28. The van der Waals surface area contributed by atoms with Crippen LogP contribution in [0.4, 0.5) is 0 Å². The Kier molecular flexibility index (Phi) is 5.68. The van der Waals surface area contributed by atoms with Crippen molar-refractivity contribution in [2.75, 3.05) is 12.0 Å². The highest BCUT2D eigenvalue weighted by Crippen LogP contribution is 2.26. The zero-order chi connectivity index (χ0) is 13.5. The van der Waals surface area contributed by atoms with Crippen molar-refractivity contribution in [2.45, 2.75) is 15.2 Å². The zero-order valence-electron chi connectivity index (χ0n) is 10.3. The van der Waals surface area contributed by atoms with Gasteiger partial charge in [-0.05, 0) is 11.8 Å². The molecule has 0 aliphatic rings. The maximum absolute atomic E-state index is 11.7. The van der Waals surface area contributed by atoms with Crippen molar-refractivity contribution in [3.63, 3.8) is 0 Å². The van der Waals surface area contributed by atoms with Crippen LogP contribution in [-0.4, -0.2) is 28.1 Å². The van der Waals surface area contributed by atoms with E-state index in [0.717, 1.165) is 14.2 Å². The number of nitrogens with one attached hydrogen (secondary N) is 1. The lowest BCUT2D eigenvalue weighted by molar-refractivity contribution is -0.118. The second-order valence-corrected chi connectivity index (χ2v) is 6.84. The minimum atomic E-state index is 0.00903. The molecule has 2 aromatic rings. The van der Waals surface area contributed by atoms with Crippen molar-refractivity contribution in [1.82, 2.24) is 15.5 Å². The van der Waals surface area contributed by atoms with Gasteiger partial charge in [0.15, 0.2) is 8.68 Å². The third-order valence-electron chi connectivity index (χ3n) is 2.22. The second-order valence-electron chi connectivity index (χ2n) is 3.59. The Balaban J connectivity index is 1.73. The van der Waals surface area contributed by atoms with E-state index in [2.05, 4.69) is 15.5 Å². The van der Waals surface area contributed by atoms with Crippen LogP contribution in [0, 0.1) is 0 Å². The van der Waals surface area contributed by atoms with Crippen molar-refractivity contribution in [1.29, 1.82) is 0 Å². The quantitative estimate of drug-likeness (QED) is 0.831. The number of carbonyl (C=O) groups is 1. The van der Waals surface area contributed by atoms with Gasteiger partial charge in [-0.1, -0.05) is 65.2 Å². The number of benzene rings is 1. The van der Waals surface area contributed by atoms with Crippen LogP contribution in [0.5, 0.6) is 0 Å². The van der Waals surface area contributed by atoms with Crippen molar-refractivity contribution in [2.24, 2.45) is 0 Å². The minimum absolute atomic E-state index is 0.00903. The van der Waals surface area contributed by atoms with Crippen LogP contribution >= 0.6 is 34.9 Å². The molecule has 0 bridgehead atoms. The van der Waals surface area contributed by atoms with Gasteiger partial charge in [-0.3, -0.25) is 4.79 Å². The van der Waals surface area contributed by atoms with Gasteiger partial charge in [0.2, 0.25) is 5.91 Å². The fourth-order valence-electron chi connectivity index (χ4n) is 1.31. The average Bonchev–Trinajstić information content (AvgIpc) is 2.92. The number of thioether (sulfide) groups is 2. The van der Waals surface area contributed by atoms with Crippen molar-refractivity contribution >= 4 is 40.8 Å². The highest BCUT2D eigenvalue weighted by Gasteiger charge is 2.07. The molecule has 19 heavy (non-hydrogen) atoms. The standard InChI is InChI=1S/C12H13N3OS3/c1-17-11-14-15-12(19-11)18-8-10(16)13-7-9-5-3-2-4-6-9/h2-6H,7-8H2,1H3,(H,13,16). The van der Waals surface area contributed by atoms with Gasteiger partial charge in [0.05, 0.1) is 5.75 Å². The van der Waals surface area contributed by atoms with Gasteiger partial charge in [0.1, 0.15) is 0 Å². The molecule has 4 nitrogen and oxygen atoms in total. The fraction of sp³-hybridized carbons (Fsp3) is 0.250. The monoisotopic (exact) mass is 311 g/mol. The van der Waals surface area contributed by atoms with Gasteiger partial charge in [0, 0.05) is 6.54 Å². The van der Waals surface area contributed by atoms with Crippen molar-refractivity contribution < 1.29 is 4.79 Å². The summed E-state index contributed by atoms with van der Waals surface area (Å²) in [6, 6.07) is 9.86. The summed E-state index contributed by atoms with van der Waals surface area (Å²) in [5.41, 5.74) is 1.10. The third kappa shape index (κ3) is 4.85. The molecule has 1 aromatic carbocycles. The number of rotatable bonds is 6. The molecule has 0 spiro atoms. The van der Waals surface area contributed by atoms with Gasteiger partial charge in [0.25, 0.3) is 0 Å². The van der Waals surface area contributed by atoms with E-state index < -0.39 is 0 Å². The summed E-state index contributed by atoms with van der Waals surface area (Å²) in [6.07, 6.45) is 1.96. The average molecular weight is 311 g/mol. The van der Waals surface area contributed by atoms with Crippen LogP contribution in [0.2, 0.25) is 0 Å². The molecule has 7 heteroatoms. The van der Waals surface area contributed by atoms with Crippen molar-refractivity contribution in [3.05, 3.63) is 35.9 Å². The Morgan fingerprint density at radius 2 is 2.00 bits per heavy atom. The Morgan fingerprint density at radius 1 is 1.26 bits per heavy atom. The van der Waals surface area contributed by atoms with Crippen LogP contribution in [0.15, 0.2) is 39.0 Å². The normalized spacial score (nSPS) is 10.4. The van der Waals surface area contributed by atoms with Crippen LogP contribution < -0.4 is 5.32 Å². The molecular formula is C12H13N3OS3. The summed E-state index contributed by atoms with van der Waals surface area (Å²) in [5.74, 6) is 0.380. The first kappa shape index (κ1) is 14.4. The zero-order valence-corrected chi connectivity index (χ0v) is 12.8. The molecule has 1 heterocycles. The van der Waals surface area contributed by atoms with E-state index in [1.807, 2.05) is 36.6 Å². The Bertz CT molecular complexity index is 530. The number of nitrogens with zero attached hydrogens (tertiary/aromatic N) is 2. The number of amides is 1. The topological polar surface area (TPSA) is 54.9 Å². The predicted octanol–water partition coefficient (Wildman–Crippen LogP) is 2.67. The highest BCUT2D eigenvalue weighted by atomic mass is 32.2. The Morgan fingerprint density at radius 3 is 2.68 bits per heavy atom. The molecule has 0 radical (unpaired) electrons. The second kappa shape index (κ2) is 7.52. The van der Waals surface area contributed by atoms with E-state index in [1.54, 1.807) is 11.8 Å². The van der Waals surface area contributed by atoms with Gasteiger partial charge in [-0.2, -0.15) is 0 Å². The van der Waals surface area contributed by atoms with Crippen LogP contribution in [0.25, 0.3) is 0 Å². The molecular weight excluding hydrogens is 298 g/mol. The van der Waals surface area contributed by atoms with E-state index in [4.69, 9.17) is 0 Å². The lowest BCUT2D eigenvalue weighted by Crippen LogP contribution is -2.24. The summed E-state index contributed by atoms with van der Waals surface area (Å²) < 4.78 is 1.76. The summed E-state index contributed by atoms with van der Waals surface area (Å²) in [6.45, 7) is 0.562. The number of hydrogen-bond donors (Lipinski definition) is 1. The molecule has 0 aliphatic heterocycles. The van der Waals surface area contributed by atoms with Crippen LogP contribution in [0.3, 0.4) is 0 Å². The van der Waals surface area contributed by atoms with E-state index in [-0.39, 0.29) is 5.91 Å². The Labute approximate surface area is 124 Å². The molecule has 0 saturated heterocycles. The third-order valence-corrected chi connectivity index (χ3v) is 5.25. The first-order valence-corrected chi connectivity index (χ1v) is 8.61. The largest absolute Gasteiger partial charge is 0.351 e.